The fraction of sp³-hybridized carbons (Fsp3) is 0.0625. The van der Waals surface area contributed by atoms with Crippen molar-refractivity contribution in [3.8, 4) is 22.3 Å². The van der Waals surface area contributed by atoms with E-state index in [1.165, 1.54) is 44.6 Å². The minimum atomic E-state index is -0.0571. The van der Waals surface area contributed by atoms with Gasteiger partial charge in [-0.05, 0) is 51.0 Å². The summed E-state index contributed by atoms with van der Waals surface area (Å²) in [4.78, 5) is 10.9. The third kappa shape index (κ3) is 3.65. The molecule has 0 amide bonds. The van der Waals surface area contributed by atoms with Gasteiger partial charge in [0.2, 0.25) is 0 Å². The van der Waals surface area contributed by atoms with Crippen LogP contribution in [0.3, 0.4) is 0 Å². The predicted octanol–water partition coefficient (Wildman–Crippen LogP) is 4.87. The number of nitrogens with zero attached hydrogens (tertiary/aromatic N) is 5. The molecule has 0 saturated carbocycles. The topological polar surface area (TPSA) is 16.2 Å². The van der Waals surface area contributed by atoms with Crippen molar-refractivity contribution in [2.75, 3.05) is 28.7 Å². The first-order valence-corrected chi connectivity index (χ1v) is 12.8. The zero-order valence-electron chi connectivity index (χ0n) is 21.5. The van der Waals surface area contributed by atoms with Gasteiger partial charge in [0.25, 0.3) is 6.85 Å². The molecule has 0 bridgehead atoms. The molecule has 4 aromatic rings. The Bertz CT molecular complexity index is 1550. The van der Waals surface area contributed by atoms with Crippen LogP contribution in [0.5, 0.6) is 0 Å². The Labute approximate surface area is 244 Å². The first-order valence-electron chi connectivity index (χ1n) is 12.8. The molecule has 39 heavy (non-hydrogen) atoms. The van der Waals surface area contributed by atoms with Gasteiger partial charge in [-0.1, -0.05) is 47.5 Å². The van der Waals surface area contributed by atoms with Crippen molar-refractivity contribution >= 4 is 40.5 Å². The first kappa shape index (κ1) is 24.2. The largest absolute Gasteiger partial charge is 4.00 e. The first-order chi connectivity index (χ1) is 18.7. The van der Waals surface area contributed by atoms with Crippen LogP contribution < -0.4 is 25.5 Å². The van der Waals surface area contributed by atoms with Gasteiger partial charge in [-0.3, -0.25) is 0 Å². The summed E-state index contributed by atoms with van der Waals surface area (Å²) in [6.45, 7) is 4.10. The molecule has 8 rings (SSSR count). The zero-order chi connectivity index (χ0) is 25.4. The molecule has 0 unspecified atom stereocenters. The SMILES string of the molecule is CN1C=CN(c2[c-]c3c(cc2)-c2ccccc2N2B3c3[c-]c(N4C=CN(C)[CH-]4)ccc3-c3ccccc32)[CH-]1.[Pt+4]. The van der Waals surface area contributed by atoms with Gasteiger partial charge in [0, 0.05) is 11.4 Å². The van der Waals surface area contributed by atoms with Crippen LogP contribution in [-0.4, -0.2) is 30.7 Å². The van der Waals surface area contributed by atoms with E-state index >= 15 is 0 Å². The fourth-order valence-electron chi connectivity index (χ4n) is 6.02. The van der Waals surface area contributed by atoms with Gasteiger partial charge in [0.15, 0.2) is 0 Å². The Morgan fingerprint density at radius 1 is 0.564 bits per heavy atom. The average molecular weight is 684 g/mol. The number of para-hydroxylation sites is 2. The molecule has 0 atom stereocenters. The summed E-state index contributed by atoms with van der Waals surface area (Å²) in [7, 11) is 4.08. The van der Waals surface area contributed by atoms with Gasteiger partial charge < -0.3 is 24.4 Å². The van der Waals surface area contributed by atoms with E-state index in [0.717, 1.165) is 11.4 Å². The summed E-state index contributed by atoms with van der Waals surface area (Å²) in [6, 6.07) is 34.0. The van der Waals surface area contributed by atoms with Crippen molar-refractivity contribution in [1.82, 2.24) is 9.80 Å². The molecular formula is C32H24BN5Pt. The second-order valence-corrected chi connectivity index (χ2v) is 10.1. The predicted molar refractivity (Wildman–Crippen MR) is 156 cm³/mol. The molecule has 4 heterocycles. The van der Waals surface area contributed by atoms with Crippen LogP contribution in [0, 0.1) is 25.5 Å². The minimum Gasteiger partial charge on any atom is -0.510 e. The van der Waals surface area contributed by atoms with Crippen molar-refractivity contribution in [3.05, 3.63) is 123 Å². The van der Waals surface area contributed by atoms with E-state index in [4.69, 9.17) is 0 Å². The molecule has 0 radical (unpaired) electrons. The van der Waals surface area contributed by atoms with Crippen LogP contribution in [-0.2, 0) is 21.1 Å². The van der Waals surface area contributed by atoms with Crippen LogP contribution in [0.25, 0.3) is 22.3 Å². The maximum Gasteiger partial charge on any atom is 4.00 e. The molecule has 0 spiro atoms. The Balaban J connectivity index is 0.00000253. The van der Waals surface area contributed by atoms with Crippen molar-refractivity contribution in [2.45, 2.75) is 0 Å². The molecule has 4 aliphatic rings. The normalized spacial score (nSPS) is 16.1. The van der Waals surface area contributed by atoms with Crippen LogP contribution in [0.15, 0.2) is 97.6 Å². The Morgan fingerprint density at radius 2 is 1.03 bits per heavy atom. The van der Waals surface area contributed by atoms with Gasteiger partial charge in [-0.15, -0.1) is 34.6 Å². The Kier molecular flexibility index (Phi) is 5.64. The quantitative estimate of drug-likeness (QED) is 0.221. The van der Waals surface area contributed by atoms with E-state index in [9.17, 15) is 0 Å². The summed E-state index contributed by atoms with van der Waals surface area (Å²) in [5.74, 6) is 0. The molecule has 0 aromatic heterocycles. The number of rotatable bonds is 2. The smallest absolute Gasteiger partial charge is 0.510 e. The molecule has 0 saturated heterocycles. The number of hydrogen-bond donors (Lipinski definition) is 0. The summed E-state index contributed by atoms with van der Waals surface area (Å²) >= 11 is 0. The monoisotopic (exact) mass is 684 g/mol. The molecular weight excluding hydrogens is 660 g/mol. The third-order valence-electron chi connectivity index (χ3n) is 7.73. The minimum absolute atomic E-state index is 0. The number of fused-ring (bicyclic) bond motifs is 11. The summed E-state index contributed by atoms with van der Waals surface area (Å²) in [5, 5.41) is 0. The van der Waals surface area contributed by atoms with Crippen LogP contribution in [0.1, 0.15) is 0 Å². The summed E-state index contributed by atoms with van der Waals surface area (Å²) in [5.41, 5.74) is 11.7. The van der Waals surface area contributed by atoms with Crippen molar-refractivity contribution < 1.29 is 21.1 Å². The van der Waals surface area contributed by atoms with E-state index < -0.39 is 0 Å². The van der Waals surface area contributed by atoms with Crippen LogP contribution >= 0.6 is 0 Å². The van der Waals surface area contributed by atoms with Gasteiger partial charge in [0.05, 0.1) is 0 Å². The van der Waals surface area contributed by atoms with Gasteiger partial charge >= 0.3 is 21.1 Å². The van der Waals surface area contributed by atoms with E-state index in [-0.39, 0.29) is 27.9 Å². The molecule has 190 valence electrons. The second-order valence-electron chi connectivity index (χ2n) is 10.1. The van der Waals surface area contributed by atoms with Crippen molar-refractivity contribution in [1.29, 1.82) is 0 Å². The zero-order valence-corrected chi connectivity index (χ0v) is 23.8. The molecule has 4 aliphatic heterocycles. The molecule has 0 aliphatic carbocycles. The molecule has 0 fully saturated rings. The summed E-state index contributed by atoms with van der Waals surface area (Å²) in [6.07, 6.45) is 8.26. The molecule has 7 heteroatoms. The van der Waals surface area contributed by atoms with Crippen LogP contribution in [0.4, 0.5) is 22.7 Å². The van der Waals surface area contributed by atoms with Crippen LogP contribution in [0.2, 0.25) is 0 Å². The molecule has 5 nitrogen and oxygen atoms in total. The maximum absolute atomic E-state index is 3.85. The number of benzene rings is 4. The van der Waals surface area contributed by atoms with E-state index in [1.807, 2.05) is 14.1 Å². The molecule has 4 aromatic carbocycles. The van der Waals surface area contributed by atoms with Gasteiger partial charge in [-0.2, -0.15) is 48.5 Å². The number of anilines is 4. The van der Waals surface area contributed by atoms with E-state index in [2.05, 4.69) is 147 Å². The Morgan fingerprint density at radius 3 is 1.46 bits per heavy atom. The maximum atomic E-state index is 3.85. The second kappa shape index (κ2) is 9.10. The van der Waals surface area contributed by atoms with Crippen molar-refractivity contribution in [2.24, 2.45) is 0 Å². The fourth-order valence-corrected chi connectivity index (χ4v) is 6.02. The van der Waals surface area contributed by atoms with E-state index in [1.54, 1.807) is 0 Å². The standard InChI is InChI=1S/C32H24BN5.Pt/c1-34-15-17-36(21-34)23-11-13-25-27-7-3-5-9-31(27)38-32-10-6-4-8-28(32)26-14-12-24(37-18-16-35(2)22-37)20-30(26)33(38)29(25)19-23;/h3-18,21-22H,1-2H3;/q-4;+4. The molecule has 0 N–H and O–H groups in total. The van der Waals surface area contributed by atoms with E-state index in [0.29, 0.717) is 0 Å². The summed E-state index contributed by atoms with van der Waals surface area (Å²) < 4.78 is 0. The van der Waals surface area contributed by atoms with Gasteiger partial charge in [-0.25, -0.2) is 0 Å². The number of hydrogen-bond acceptors (Lipinski definition) is 5. The third-order valence-corrected chi connectivity index (χ3v) is 7.73. The average Bonchev–Trinajstić information content (AvgIpc) is 3.60. The van der Waals surface area contributed by atoms with Gasteiger partial charge in [0.1, 0.15) is 0 Å². The Hall–Kier alpha value is -3.89. The van der Waals surface area contributed by atoms with Crippen molar-refractivity contribution in [3.63, 3.8) is 0 Å².